The average Bonchev–Trinajstić information content (AvgIpc) is 2.62. The summed E-state index contributed by atoms with van der Waals surface area (Å²) in [6.45, 7) is 1.98. The van der Waals surface area contributed by atoms with Crippen molar-refractivity contribution in [2.75, 3.05) is 5.32 Å². The molecule has 1 heterocycles. The van der Waals surface area contributed by atoms with Crippen LogP contribution in [0.1, 0.15) is 21.5 Å². The number of pyridine rings is 1. The minimum absolute atomic E-state index is 0.0595. The lowest BCUT2D eigenvalue weighted by molar-refractivity contribution is 0.102. The molecule has 0 radical (unpaired) electrons. The molecule has 0 saturated heterocycles. The fourth-order valence-electron chi connectivity index (χ4n) is 2.53. The van der Waals surface area contributed by atoms with Gasteiger partial charge in [-0.2, -0.15) is 0 Å². The van der Waals surface area contributed by atoms with Gasteiger partial charge in [-0.1, -0.05) is 34.1 Å². The lowest BCUT2D eigenvalue weighted by atomic mass is 10.2. The number of benzene rings is 2. The first-order valence-electron chi connectivity index (χ1n) is 7.95. The van der Waals surface area contributed by atoms with E-state index in [2.05, 4.69) is 21.2 Å². The molecule has 3 aromatic rings. The smallest absolute Gasteiger partial charge is 0.257 e. The minimum atomic E-state index is -0.389. The van der Waals surface area contributed by atoms with E-state index < -0.39 is 0 Å². The summed E-state index contributed by atoms with van der Waals surface area (Å²) in [6, 6.07) is 14.5. The molecule has 0 aliphatic rings. The number of anilines is 1. The third-order valence-corrected chi connectivity index (χ3v) is 4.85. The molecule has 0 atom stereocenters. The number of nitrogens with zero attached hydrogens (tertiary/aromatic N) is 1. The van der Waals surface area contributed by atoms with Crippen molar-refractivity contribution < 1.29 is 9.18 Å². The second-order valence-corrected chi connectivity index (χ2v) is 6.75. The van der Waals surface area contributed by atoms with E-state index in [1.807, 2.05) is 19.1 Å². The molecule has 0 bridgehead atoms. The second-order valence-electron chi connectivity index (χ2n) is 5.89. The topological polar surface area (TPSA) is 51.1 Å². The van der Waals surface area contributed by atoms with Gasteiger partial charge in [-0.15, -0.1) is 0 Å². The fourth-order valence-corrected chi connectivity index (χ4v) is 2.77. The number of carbonyl (C=O) groups is 1. The number of aromatic nitrogens is 1. The Morgan fingerprint density at radius 1 is 1.15 bits per heavy atom. The molecule has 6 heteroatoms. The summed E-state index contributed by atoms with van der Waals surface area (Å²) in [6.07, 6.45) is 1.44. The van der Waals surface area contributed by atoms with Crippen LogP contribution in [0.3, 0.4) is 0 Å². The number of hydrogen-bond acceptors (Lipinski definition) is 2. The van der Waals surface area contributed by atoms with Gasteiger partial charge in [0.05, 0.1) is 12.1 Å². The van der Waals surface area contributed by atoms with Crippen molar-refractivity contribution in [1.29, 1.82) is 0 Å². The third kappa shape index (κ3) is 4.08. The summed E-state index contributed by atoms with van der Waals surface area (Å²) in [7, 11) is 0. The van der Waals surface area contributed by atoms with E-state index in [0.29, 0.717) is 16.8 Å². The van der Waals surface area contributed by atoms with Crippen LogP contribution >= 0.6 is 15.9 Å². The first-order chi connectivity index (χ1) is 12.4. The fraction of sp³-hybridized carbons (Fsp3) is 0.100. The number of nitrogens with one attached hydrogen (secondary N) is 1. The third-order valence-electron chi connectivity index (χ3n) is 3.96. The largest absolute Gasteiger partial charge is 0.322 e. The van der Waals surface area contributed by atoms with Crippen LogP contribution in [0, 0.1) is 12.7 Å². The molecule has 0 spiro atoms. The zero-order chi connectivity index (χ0) is 18.7. The summed E-state index contributed by atoms with van der Waals surface area (Å²) >= 11 is 3.41. The van der Waals surface area contributed by atoms with Crippen LogP contribution < -0.4 is 10.9 Å². The van der Waals surface area contributed by atoms with Crippen molar-refractivity contribution in [3.8, 4) is 0 Å². The van der Waals surface area contributed by atoms with Crippen LogP contribution in [0.25, 0.3) is 0 Å². The molecule has 1 N–H and O–H groups in total. The van der Waals surface area contributed by atoms with Crippen molar-refractivity contribution >= 4 is 27.5 Å². The highest BCUT2D eigenvalue weighted by Gasteiger charge is 2.10. The number of aryl methyl sites for hydroxylation is 1. The standard InChI is InChI=1S/C20H16BrFN2O2/c1-13-10-16(7-8-17(13)21)23-20(26)15-6-9-19(25)24(12-15)11-14-4-2-3-5-18(14)22/h2-10,12H,11H2,1H3,(H,23,26). The Kier molecular flexibility index (Phi) is 5.32. The number of rotatable bonds is 4. The Hall–Kier alpha value is -2.73. The van der Waals surface area contributed by atoms with Crippen LogP contribution in [-0.2, 0) is 6.54 Å². The Bertz CT molecular complexity index is 1030. The summed E-state index contributed by atoms with van der Waals surface area (Å²) < 4.78 is 16.1. The lowest BCUT2D eigenvalue weighted by Gasteiger charge is -2.10. The van der Waals surface area contributed by atoms with E-state index in [4.69, 9.17) is 0 Å². The van der Waals surface area contributed by atoms with Crippen molar-refractivity contribution in [2.24, 2.45) is 0 Å². The lowest BCUT2D eigenvalue weighted by Crippen LogP contribution is -2.23. The van der Waals surface area contributed by atoms with Crippen LogP contribution in [0.2, 0.25) is 0 Å². The zero-order valence-electron chi connectivity index (χ0n) is 14.0. The van der Waals surface area contributed by atoms with Gasteiger partial charge in [-0.25, -0.2) is 4.39 Å². The molecule has 0 unspecified atom stereocenters. The molecular weight excluding hydrogens is 399 g/mol. The molecule has 3 rings (SSSR count). The Labute approximate surface area is 158 Å². The van der Waals surface area contributed by atoms with Gasteiger partial charge in [-0.05, 0) is 42.8 Å². The molecule has 2 aromatic carbocycles. The highest BCUT2D eigenvalue weighted by Crippen LogP contribution is 2.20. The van der Waals surface area contributed by atoms with Crippen molar-refractivity contribution in [1.82, 2.24) is 4.57 Å². The predicted octanol–water partition coefficient (Wildman–Crippen LogP) is 4.36. The van der Waals surface area contributed by atoms with Gasteiger partial charge in [-0.3, -0.25) is 9.59 Å². The van der Waals surface area contributed by atoms with E-state index in [9.17, 15) is 14.0 Å². The maximum atomic E-state index is 13.8. The first kappa shape index (κ1) is 18.1. The van der Waals surface area contributed by atoms with Gasteiger partial charge in [0, 0.05) is 28.0 Å². The number of hydrogen-bond donors (Lipinski definition) is 1. The minimum Gasteiger partial charge on any atom is -0.322 e. The van der Waals surface area contributed by atoms with Gasteiger partial charge in [0.15, 0.2) is 0 Å². The maximum absolute atomic E-state index is 13.8. The normalized spacial score (nSPS) is 10.6. The molecular formula is C20H16BrFN2O2. The van der Waals surface area contributed by atoms with Gasteiger partial charge >= 0.3 is 0 Å². The molecule has 26 heavy (non-hydrogen) atoms. The summed E-state index contributed by atoms with van der Waals surface area (Å²) in [4.78, 5) is 24.5. The molecule has 0 aliphatic carbocycles. The molecule has 0 aliphatic heterocycles. The van der Waals surface area contributed by atoms with Crippen molar-refractivity contribution in [3.63, 3.8) is 0 Å². The Morgan fingerprint density at radius 2 is 1.92 bits per heavy atom. The maximum Gasteiger partial charge on any atom is 0.257 e. The van der Waals surface area contributed by atoms with Crippen LogP contribution in [0.4, 0.5) is 10.1 Å². The summed E-state index contributed by atoms with van der Waals surface area (Å²) in [5.41, 5.74) is 2.05. The van der Waals surface area contributed by atoms with Crippen LogP contribution in [0.5, 0.6) is 0 Å². The van der Waals surface area contributed by atoms with E-state index in [-0.39, 0.29) is 23.8 Å². The second kappa shape index (κ2) is 7.66. The summed E-state index contributed by atoms with van der Waals surface area (Å²) in [5, 5.41) is 2.80. The van der Waals surface area contributed by atoms with Gasteiger partial charge < -0.3 is 9.88 Å². The van der Waals surface area contributed by atoms with E-state index >= 15 is 0 Å². The number of amides is 1. The van der Waals surface area contributed by atoms with E-state index in [0.717, 1.165) is 10.0 Å². The number of halogens is 2. The molecule has 4 nitrogen and oxygen atoms in total. The molecule has 1 amide bonds. The zero-order valence-corrected chi connectivity index (χ0v) is 15.6. The van der Waals surface area contributed by atoms with Crippen LogP contribution in [-0.4, -0.2) is 10.5 Å². The quantitative estimate of drug-likeness (QED) is 0.689. The van der Waals surface area contributed by atoms with Crippen molar-refractivity contribution in [2.45, 2.75) is 13.5 Å². The van der Waals surface area contributed by atoms with E-state index in [1.54, 1.807) is 24.3 Å². The first-order valence-corrected chi connectivity index (χ1v) is 8.75. The van der Waals surface area contributed by atoms with Gasteiger partial charge in [0.25, 0.3) is 11.5 Å². The highest BCUT2D eigenvalue weighted by molar-refractivity contribution is 9.10. The Morgan fingerprint density at radius 3 is 2.65 bits per heavy atom. The van der Waals surface area contributed by atoms with Gasteiger partial charge in [0.1, 0.15) is 5.82 Å². The molecule has 0 saturated carbocycles. The Balaban J connectivity index is 1.84. The van der Waals surface area contributed by atoms with E-state index in [1.165, 1.54) is 29.0 Å². The monoisotopic (exact) mass is 414 g/mol. The number of carbonyl (C=O) groups excluding carboxylic acids is 1. The predicted molar refractivity (Wildman–Crippen MR) is 103 cm³/mol. The molecule has 132 valence electrons. The molecule has 0 fully saturated rings. The van der Waals surface area contributed by atoms with Crippen molar-refractivity contribution in [3.05, 3.63) is 98.1 Å². The SMILES string of the molecule is Cc1cc(NC(=O)c2ccc(=O)n(Cc3ccccc3F)c2)ccc1Br. The average molecular weight is 415 g/mol. The highest BCUT2D eigenvalue weighted by atomic mass is 79.9. The van der Waals surface area contributed by atoms with Crippen LogP contribution in [0.15, 0.2) is 70.1 Å². The van der Waals surface area contributed by atoms with Gasteiger partial charge in [0.2, 0.25) is 0 Å². The molecule has 1 aromatic heterocycles. The summed E-state index contributed by atoms with van der Waals surface area (Å²) in [5.74, 6) is -0.728.